The number of aryl methyl sites for hydroxylation is 2. The molecular formula is C19H24N2O4S. The average molecular weight is 376 g/mol. The van der Waals surface area contributed by atoms with Crippen LogP contribution in [0.4, 0.5) is 0 Å². The van der Waals surface area contributed by atoms with Gasteiger partial charge in [0, 0.05) is 5.56 Å². The second kappa shape index (κ2) is 8.33. The molecule has 140 valence electrons. The standard InChI is InChI=1S/C19H24N2O4S/c1-13-8-9-17(10-14(13)2)25-12-15(3)21-19(22)16-6-5-7-18(11-16)26(23,24)20-4/h5-11,15,20H,12H2,1-4H3,(H,21,22)/t15-/m0/s1. The lowest BCUT2D eigenvalue weighted by Crippen LogP contribution is -2.36. The number of ether oxygens (including phenoxy) is 1. The predicted molar refractivity (Wildman–Crippen MR) is 101 cm³/mol. The van der Waals surface area contributed by atoms with Gasteiger partial charge in [0.05, 0.1) is 10.9 Å². The first kappa shape index (κ1) is 19.9. The molecule has 0 heterocycles. The Hall–Kier alpha value is -2.38. The Kier molecular flexibility index (Phi) is 6.39. The van der Waals surface area contributed by atoms with Crippen LogP contribution >= 0.6 is 0 Å². The number of hydrogen-bond acceptors (Lipinski definition) is 4. The van der Waals surface area contributed by atoms with Crippen molar-refractivity contribution in [2.45, 2.75) is 31.7 Å². The number of benzene rings is 2. The molecule has 0 radical (unpaired) electrons. The highest BCUT2D eigenvalue weighted by Crippen LogP contribution is 2.16. The third-order valence-corrected chi connectivity index (χ3v) is 5.44. The molecule has 26 heavy (non-hydrogen) atoms. The second-order valence-electron chi connectivity index (χ2n) is 6.17. The summed E-state index contributed by atoms with van der Waals surface area (Å²) in [5, 5.41) is 2.81. The molecule has 0 spiro atoms. The van der Waals surface area contributed by atoms with Crippen LogP contribution < -0.4 is 14.8 Å². The highest BCUT2D eigenvalue weighted by Gasteiger charge is 2.15. The van der Waals surface area contributed by atoms with Crippen molar-refractivity contribution in [3.05, 3.63) is 59.2 Å². The summed E-state index contributed by atoms with van der Waals surface area (Å²) in [7, 11) is -2.26. The zero-order valence-corrected chi connectivity index (χ0v) is 16.2. The van der Waals surface area contributed by atoms with Crippen molar-refractivity contribution >= 4 is 15.9 Å². The SMILES string of the molecule is CNS(=O)(=O)c1cccc(C(=O)N[C@@H](C)COc2ccc(C)c(C)c2)c1. The number of hydrogen-bond donors (Lipinski definition) is 2. The minimum absolute atomic E-state index is 0.0479. The number of rotatable bonds is 7. The van der Waals surface area contributed by atoms with E-state index in [0.717, 1.165) is 11.3 Å². The molecule has 2 rings (SSSR count). The molecule has 1 amide bonds. The normalized spacial score (nSPS) is 12.5. The van der Waals surface area contributed by atoms with Gasteiger partial charge < -0.3 is 10.1 Å². The maximum absolute atomic E-state index is 12.4. The summed E-state index contributed by atoms with van der Waals surface area (Å²) in [6, 6.07) is 11.5. The molecule has 7 heteroatoms. The first-order chi connectivity index (χ1) is 12.2. The van der Waals surface area contributed by atoms with Gasteiger partial charge in [0.2, 0.25) is 10.0 Å². The smallest absolute Gasteiger partial charge is 0.251 e. The summed E-state index contributed by atoms with van der Waals surface area (Å²) in [5.41, 5.74) is 2.61. The van der Waals surface area contributed by atoms with Crippen molar-refractivity contribution in [2.75, 3.05) is 13.7 Å². The summed E-state index contributed by atoms with van der Waals surface area (Å²) in [4.78, 5) is 12.4. The monoisotopic (exact) mass is 376 g/mol. The molecule has 0 aliphatic rings. The summed E-state index contributed by atoms with van der Waals surface area (Å²) in [6.45, 7) is 6.18. The molecule has 0 saturated carbocycles. The number of sulfonamides is 1. The van der Waals surface area contributed by atoms with Crippen molar-refractivity contribution in [1.29, 1.82) is 0 Å². The fourth-order valence-corrected chi connectivity index (χ4v) is 3.07. The van der Waals surface area contributed by atoms with Crippen LogP contribution in [0.2, 0.25) is 0 Å². The Morgan fingerprint density at radius 3 is 2.50 bits per heavy atom. The summed E-state index contributed by atoms with van der Waals surface area (Å²) in [5.74, 6) is 0.394. The lowest BCUT2D eigenvalue weighted by Gasteiger charge is -2.16. The van der Waals surface area contributed by atoms with Gasteiger partial charge in [-0.1, -0.05) is 12.1 Å². The van der Waals surface area contributed by atoms with E-state index in [1.807, 2.05) is 39.0 Å². The van der Waals surface area contributed by atoms with Crippen molar-refractivity contribution < 1.29 is 17.9 Å². The van der Waals surface area contributed by atoms with Gasteiger partial charge in [-0.2, -0.15) is 0 Å². The van der Waals surface area contributed by atoms with Crippen LogP contribution in [0.1, 0.15) is 28.4 Å². The molecule has 0 aliphatic heterocycles. The Labute approximate surface area is 154 Å². The molecule has 0 bridgehead atoms. The second-order valence-corrected chi connectivity index (χ2v) is 8.05. The Morgan fingerprint density at radius 1 is 1.12 bits per heavy atom. The van der Waals surface area contributed by atoms with Gasteiger partial charge >= 0.3 is 0 Å². The van der Waals surface area contributed by atoms with E-state index in [4.69, 9.17) is 4.74 Å². The van der Waals surface area contributed by atoms with E-state index >= 15 is 0 Å². The van der Waals surface area contributed by atoms with E-state index in [-0.39, 0.29) is 22.4 Å². The molecule has 2 aromatic carbocycles. The molecule has 1 atom stereocenters. The third-order valence-electron chi connectivity index (χ3n) is 4.03. The van der Waals surface area contributed by atoms with Gasteiger partial charge in [-0.05, 0) is 69.3 Å². The first-order valence-corrected chi connectivity index (χ1v) is 9.76. The molecule has 0 aliphatic carbocycles. The molecule has 0 fully saturated rings. The number of carbonyl (C=O) groups excluding carboxylic acids is 1. The van der Waals surface area contributed by atoms with E-state index in [0.29, 0.717) is 6.61 Å². The highest BCUT2D eigenvalue weighted by molar-refractivity contribution is 7.89. The van der Waals surface area contributed by atoms with Crippen LogP contribution in [0, 0.1) is 13.8 Å². The largest absolute Gasteiger partial charge is 0.491 e. The number of amides is 1. The number of nitrogens with one attached hydrogen (secondary N) is 2. The quantitative estimate of drug-likeness (QED) is 0.777. The maximum Gasteiger partial charge on any atom is 0.251 e. The van der Waals surface area contributed by atoms with Crippen molar-refractivity contribution in [3.8, 4) is 5.75 Å². The predicted octanol–water partition coefficient (Wildman–Crippen LogP) is 2.41. The first-order valence-electron chi connectivity index (χ1n) is 8.27. The zero-order chi connectivity index (χ0) is 19.3. The highest BCUT2D eigenvalue weighted by atomic mass is 32.2. The molecule has 6 nitrogen and oxygen atoms in total. The van der Waals surface area contributed by atoms with Crippen LogP contribution in [-0.2, 0) is 10.0 Å². The van der Waals surface area contributed by atoms with Gasteiger partial charge in [0.15, 0.2) is 0 Å². The van der Waals surface area contributed by atoms with E-state index in [9.17, 15) is 13.2 Å². The fourth-order valence-electron chi connectivity index (χ4n) is 2.30. The summed E-state index contributed by atoms with van der Waals surface area (Å²) >= 11 is 0. The van der Waals surface area contributed by atoms with Gasteiger partial charge in [-0.3, -0.25) is 4.79 Å². The molecule has 0 unspecified atom stereocenters. The van der Waals surface area contributed by atoms with E-state index in [2.05, 4.69) is 10.0 Å². The molecule has 0 saturated heterocycles. The Morgan fingerprint density at radius 2 is 1.85 bits per heavy atom. The zero-order valence-electron chi connectivity index (χ0n) is 15.4. The molecule has 2 N–H and O–H groups in total. The minimum Gasteiger partial charge on any atom is -0.491 e. The Bertz CT molecular complexity index is 894. The molecule has 0 aromatic heterocycles. The lowest BCUT2D eigenvalue weighted by atomic mass is 10.1. The van der Waals surface area contributed by atoms with Crippen LogP contribution in [0.15, 0.2) is 47.4 Å². The Balaban J connectivity index is 1.98. The topological polar surface area (TPSA) is 84.5 Å². The van der Waals surface area contributed by atoms with Gasteiger partial charge in [-0.25, -0.2) is 13.1 Å². The van der Waals surface area contributed by atoms with Crippen LogP contribution in [-0.4, -0.2) is 34.0 Å². The lowest BCUT2D eigenvalue weighted by molar-refractivity contribution is 0.0926. The summed E-state index contributed by atoms with van der Waals surface area (Å²) < 4.78 is 31.6. The van der Waals surface area contributed by atoms with Gasteiger partial charge in [-0.15, -0.1) is 0 Å². The maximum atomic E-state index is 12.4. The van der Waals surface area contributed by atoms with Crippen LogP contribution in [0.25, 0.3) is 0 Å². The average Bonchev–Trinajstić information content (AvgIpc) is 2.62. The molecule has 2 aromatic rings. The third kappa shape index (κ3) is 5.06. The summed E-state index contributed by atoms with van der Waals surface area (Å²) in [6.07, 6.45) is 0. The van der Waals surface area contributed by atoms with Crippen molar-refractivity contribution in [2.24, 2.45) is 0 Å². The van der Waals surface area contributed by atoms with E-state index < -0.39 is 10.0 Å². The van der Waals surface area contributed by atoms with E-state index in [1.54, 1.807) is 6.07 Å². The van der Waals surface area contributed by atoms with Gasteiger partial charge in [0.1, 0.15) is 12.4 Å². The van der Waals surface area contributed by atoms with Gasteiger partial charge in [0.25, 0.3) is 5.91 Å². The van der Waals surface area contributed by atoms with E-state index in [1.165, 1.54) is 30.8 Å². The number of carbonyl (C=O) groups is 1. The van der Waals surface area contributed by atoms with Crippen molar-refractivity contribution in [3.63, 3.8) is 0 Å². The fraction of sp³-hybridized carbons (Fsp3) is 0.316. The van der Waals surface area contributed by atoms with Crippen molar-refractivity contribution in [1.82, 2.24) is 10.0 Å². The van der Waals surface area contributed by atoms with Crippen LogP contribution in [0.5, 0.6) is 5.75 Å². The van der Waals surface area contributed by atoms with Crippen LogP contribution in [0.3, 0.4) is 0 Å². The minimum atomic E-state index is -3.59. The molecular weight excluding hydrogens is 352 g/mol.